The lowest BCUT2D eigenvalue weighted by Gasteiger charge is -2.04. The van der Waals surface area contributed by atoms with Crippen molar-refractivity contribution in [2.24, 2.45) is 0 Å². The molecular weight excluding hydrogens is 428 g/mol. The predicted molar refractivity (Wildman–Crippen MR) is 145 cm³/mol. The molecular formula is C33H21O2+. The van der Waals surface area contributed by atoms with Gasteiger partial charge in [-0.25, -0.2) is 4.42 Å². The van der Waals surface area contributed by atoms with Gasteiger partial charge in [0.1, 0.15) is 11.3 Å². The Hall–Kier alpha value is -4.69. The van der Waals surface area contributed by atoms with Gasteiger partial charge in [-0.15, -0.1) is 0 Å². The highest BCUT2D eigenvalue weighted by Gasteiger charge is 2.21. The molecule has 1 aliphatic heterocycles. The largest absolute Gasteiger partial charge is 0.455 e. The van der Waals surface area contributed by atoms with Crippen molar-refractivity contribution in [2.45, 2.75) is 0 Å². The molecule has 0 radical (unpaired) electrons. The molecule has 2 aliphatic rings. The summed E-state index contributed by atoms with van der Waals surface area (Å²) in [7, 11) is 0. The van der Waals surface area contributed by atoms with Gasteiger partial charge in [-0.3, -0.25) is 0 Å². The van der Waals surface area contributed by atoms with Crippen LogP contribution in [0.5, 0.6) is 0 Å². The molecule has 0 atom stereocenters. The first kappa shape index (κ1) is 19.7. The second-order valence-corrected chi connectivity index (χ2v) is 8.75. The molecule has 7 rings (SSSR count). The van der Waals surface area contributed by atoms with Gasteiger partial charge in [-0.05, 0) is 47.2 Å². The van der Waals surface area contributed by atoms with Gasteiger partial charge in [-0.2, -0.15) is 0 Å². The molecule has 0 N–H and O–H groups in total. The number of hydrogen-bond acceptors (Lipinski definition) is 1. The number of fused-ring (bicyclic) bond motifs is 5. The first-order valence-corrected chi connectivity index (χ1v) is 11.8. The van der Waals surface area contributed by atoms with Crippen LogP contribution in [0.2, 0.25) is 0 Å². The number of hydrogen-bond donors (Lipinski definition) is 0. The summed E-state index contributed by atoms with van der Waals surface area (Å²) in [6, 6.07) is 39.5. The number of para-hydroxylation sites is 2. The van der Waals surface area contributed by atoms with Crippen LogP contribution in [-0.4, -0.2) is 0 Å². The van der Waals surface area contributed by atoms with E-state index in [1.165, 1.54) is 10.8 Å². The highest BCUT2D eigenvalue weighted by molar-refractivity contribution is 6.11. The van der Waals surface area contributed by atoms with Gasteiger partial charge in [0.15, 0.2) is 0 Å². The summed E-state index contributed by atoms with van der Waals surface area (Å²) in [6.45, 7) is 0. The lowest BCUT2D eigenvalue weighted by Crippen LogP contribution is -1.84. The van der Waals surface area contributed by atoms with Gasteiger partial charge in [0.05, 0.1) is 17.0 Å². The summed E-state index contributed by atoms with van der Waals surface area (Å²) in [5.74, 6) is 1.76. The van der Waals surface area contributed by atoms with Crippen LogP contribution in [0.15, 0.2) is 124 Å². The maximum Gasteiger partial charge on any atom is 0.361 e. The molecule has 0 saturated carbocycles. The van der Waals surface area contributed by atoms with Crippen molar-refractivity contribution < 1.29 is 8.83 Å². The summed E-state index contributed by atoms with van der Waals surface area (Å²) in [5.41, 5.74) is 6.13. The van der Waals surface area contributed by atoms with Crippen LogP contribution < -0.4 is 0 Å². The quantitative estimate of drug-likeness (QED) is 0.251. The molecule has 2 nitrogen and oxygen atoms in total. The Morgan fingerprint density at radius 3 is 2.20 bits per heavy atom. The fourth-order valence-electron chi connectivity index (χ4n) is 4.94. The van der Waals surface area contributed by atoms with E-state index in [0.717, 1.165) is 55.7 Å². The minimum Gasteiger partial charge on any atom is -0.455 e. The minimum atomic E-state index is 0.844. The SMILES string of the molecule is C(=C\c1c2oc3ccccc3cc-2c2ccccc12)/c1cc(-c2ccccc2)[o+]c2ccccc12. The predicted octanol–water partition coefficient (Wildman–Crippen LogP) is 9.56. The van der Waals surface area contributed by atoms with Crippen LogP contribution in [0.1, 0.15) is 11.1 Å². The molecule has 1 aromatic heterocycles. The molecule has 35 heavy (non-hydrogen) atoms. The zero-order chi connectivity index (χ0) is 23.2. The van der Waals surface area contributed by atoms with Gasteiger partial charge in [-0.1, -0.05) is 78.9 Å². The van der Waals surface area contributed by atoms with E-state index in [-0.39, 0.29) is 0 Å². The third kappa shape index (κ3) is 3.31. The molecule has 0 spiro atoms. The molecule has 4 aromatic carbocycles. The van der Waals surface area contributed by atoms with Gasteiger partial charge in [0.25, 0.3) is 0 Å². The van der Waals surface area contributed by atoms with Crippen molar-refractivity contribution in [1.29, 1.82) is 0 Å². The summed E-state index contributed by atoms with van der Waals surface area (Å²) in [6.07, 6.45) is 4.36. The highest BCUT2D eigenvalue weighted by Crippen LogP contribution is 2.42. The molecule has 0 saturated heterocycles. The van der Waals surface area contributed by atoms with Crippen LogP contribution in [0, 0.1) is 0 Å². The van der Waals surface area contributed by atoms with Gasteiger partial charge in [0, 0.05) is 28.1 Å². The van der Waals surface area contributed by atoms with E-state index >= 15 is 0 Å². The fourth-order valence-corrected chi connectivity index (χ4v) is 4.94. The van der Waals surface area contributed by atoms with Gasteiger partial charge >= 0.3 is 11.3 Å². The minimum absolute atomic E-state index is 0.844. The molecule has 0 bridgehead atoms. The van der Waals surface area contributed by atoms with E-state index in [4.69, 9.17) is 8.83 Å². The normalized spacial score (nSPS) is 11.9. The van der Waals surface area contributed by atoms with Crippen LogP contribution in [0.25, 0.3) is 67.5 Å². The molecule has 5 aromatic rings. The third-order valence-corrected chi connectivity index (χ3v) is 6.62. The fraction of sp³-hybridized carbons (Fsp3) is 0. The van der Waals surface area contributed by atoms with Crippen molar-refractivity contribution in [3.05, 3.63) is 126 Å². The molecule has 0 amide bonds. The second kappa shape index (κ2) is 7.96. The van der Waals surface area contributed by atoms with E-state index < -0.39 is 0 Å². The van der Waals surface area contributed by atoms with Crippen LogP contribution in [0.3, 0.4) is 0 Å². The molecule has 2 heterocycles. The molecule has 164 valence electrons. The number of benzene rings is 4. The van der Waals surface area contributed by atoms with Crippen LogP contribution >= 0.6 is 0 Å². The second-order valence-electron chi connectivity index (χ2n) is 8.75. The zero-order valence-electron chi connectivity index (χ0n) is 18.9. The molecule has 1 aliphatic carbocycles. The van der Waals surface area contributed by atoms with Crippen molar-refractivity contribution in [3.8, 4) is 22.6 Å². The van der Waals surface area contributed by atoms with Gasteiger partial charge < -0.3 is 4.42 Å². The van der Waals surface area contributed by atoms with Crippen LogP contribution in [0.4, 0.5) is 0 Å². The maximum atomic E-state index is 6.46. The van der Waals surface area contributed by atoms with E-state index in [9.17, 15) is 0 Å². The first-order chi connectivity index (χ1) is 17.3. The van der Waals surface area contributed by atoms with E-state index in [0.29, 0.717) is 0 Å². The monoisotopic (exact) mass is 449 g/mol. The Bertz CT molecular complexity index is 1840. The Morgan fingerprint density at radius 1 is 0.600 bits per heavy atom. The van der Waals surface area contributed by atoms with Gasteiger partial charge in [0.2, 0.25) is 0 Å². The average Bonchev–Trinajstić information content (AvgIpc) is 3.23. The Kier molecular flexibility index (Phi) is 4.49. The topological polar surface area (TPSA) is 24.4 Å². The summed E-state index contributed by atoms with van der Waals surface area (Å²) >= 11 is 0. The Labute approximate surface area is 202 Å². The lowest BCUT2D eigenvalue weighted by molar-refractivity contribution is 0.620. The zero-order valence-corrected chi connectivity index (χ0v) is 18.9. The van der Waals surface area contributed by atoms with E-state index in [1.807, 2.05) is 54.6 Å². The average molecular weight is 450 g/mol. The van der Waals surface area contributed by atoms with Crippen molar-refractivity contribution in [3.63, 3.8) is 0 Å². The Morgan fingerprint density at radius 2 is 1.31 bits per heavy atom. The highest BCUT2D eigenvalue weighted by atomic mass is 16.3. The first-order valence-electron chi connectivity index (χ1n) is 11.8. The molecule has 0 fully saturated rings. The molecule has 2 heteroatoms. The molecule has 0 unspecified atom stereocenters. The smallest absolute Gasteiger partial charge is 0.361 e. The van der Waals surface area contributed by atoms with Crippen molar-refractivity contribution in [2.75, 3.05) is 0 Å². The lowest BCUT2D eigenvalue weighted by atomic mass is 10.0. The van der Waals surface area contributed by atoms with E-state index in [1.54, 1.807) is 0 Å². The van der Waals surface area contributed by atoms with Crippen LogP contribution in [-0.2, 0) is 0 Å². The van der Waals surface area contributed by atoms with Crippen molar-refractivity contribution >= 4 is 44.9 Å². The summed E-state index contributed by atoms with van der Waals surface area (Å²) < 4.78 is 12.7. The summed E-state index contributed by atoms with van der Waals surface area (Å²) in [4.78, 5) is 0. The summed E-state index contributed by atoms with van der Waals surface area (Å²) in [5, 5.41) is 4.57. The Balaban J connectivity index is 1.46. The number of rotatable bonds is 3. The van der Waals surface area contributed by atoms with E-state index in [2.05, 4.69) is 72.8 Å². The third-order valence-electron chi connectivity index (χ3n) is 6.62. The standard InChI is InChI=1S/C33H21O2/c1-2-10-22(11-3-1)32-21-23(25-13-7-9-17-31(25)34-32)18-19-28-26-14-5-6-15-27(26)29-20-24-12-4-8-16-30(24)35-33(28)29/h1-21H/q+1. The van der Waals surface area contributed by atoms with Crippen molar-refractivity contribution in [1.82, 2.24) is 0 Å². The maximum absolute atomic E-state index is 6.46.